The second-order valence-electron chi connectivity index (χ2n) is 7.62. The third kappa shape index (κ3) is 5.58. The summed E-state index contributed by atoms with van der Waals surface area (Å²) in [4.78, 5) is 2.59. The molecule has 5 heteroatoms. The number of benzene rings is 1. The Morgan fingerprint density at radius 2 is 2.00 bits per heavy atom. The topological polar surface area (TPSA) is 33.7 Å². The summed E-state index contributed by atoms with van der Waals surface area (Å²) >= 11 is 0. The van der Waals surface area contributed by atoms with Crippen molar-refractivity contribution in [3.05, 3.63) is 29.8 Å². The highest BCUT2D eigenvalue weighted by Crippen LogP contribution is 2.42. The molecule has 0 spiro atoms. The summed E-state index contributed by atoms with van der Waals surface area (Å²) in [6, 6.07) is 9.03. The van der Waals surface area contributed by atoms with Gasteiger partial charge in [0.1, 0.15) is 5.75 Å². The van der Waals surface area contributed by atoms with E-state index in [9.17, 15) is 0 Å². The molecule has 2 fully saturated rings. The number of methoxy groups -OCH3 is 1. The van der Waals surface area contributed by atoms with Crippen LogP contribution in [0.25, 0.3) is 0 Å². The Bertz CT molecular complexity index is 516. The van der Waals surface area contributed by atoms with Gasteiger partial charge in [0.05, 0.1) is 13.2 Å². The van der Waals surface area contributed by atoms with Crippen LogP contribution in [0.3, 0.4) is 0 Å². The van der Waals surface area contributed by atoms with Crippen LogP contribution in [0.1, 0.15) is 37.7 Å². The summed E-state index contributed by atoms with van der Waals surface area (Å²) in [6.07, 6.45) is 6.46. The van der Waals surface area contributed by atoms with Gasteiger partial charge in [0.2, 0.25) is 0 Å². The van der Waals surface area contributed by atoms with Crippen LogP contribution in [0.2, 0.25) is 0 Å². The van der Waals surface area contributed by atoms with E-state index in [-0.39, 0.29) is 12.4 Å². The van der Waals surface area contributed by atoms with Crippen LogP contribution in [0.4, 0.5) is 0 Å². The molecule has 1 saturated heterocycles. The number of hydrogen-bond acceptors (Lipinski definition) is 4. The molecule has 1 aliphatic heterocycles. The first-order valence-corrected chi connectivity index (χ1v) is 9.32. The summed E-state index contributed by atoms with van der Waals surface area (Å²) in [6.45, 7) is 4.95. The van der Waals surface area contributed by atoms with E-state index in [4.69, 9.17) is 9.47 Å². The molecule has 1 aromatic carbocycles. The minimum absolute atomic E-state index is 0. The lowest BCUT2D eigenvalue weighted by atomic mass is 9.69. The van der Waals surface area contributed by atoms with E-state index >= 15 is 0 Å². The second kappa shape index (κ2) is 9.77. The molecule has 0 atom stereocenters. The van der Waals surface area contributed by atoms with Crippen LogP contribution < -0.4 is 10.1 Å². The first-order chi connectivity index (χ1) is 11.7. The Balaban J connectivity index is 0.00000225. The lowest BCUT2D eigenvalue weighted by molar-refractivity contribution is 0.00919. The number of nitrogens with zero attached hydrogens (tertiary/aromatic N) is 1. The number of rotatable bonds is 8. The Kier molecular flexibility index (Phi) is 8.01. The molecule has 4 nitrogen and oxygen atoms in total. The van der Waals surface area contributed by atoms with Gasteiger partial charge in [-0.15, -0.1) is 12.4 Å². The summed E-state index contributed by atoms with van der Waals surface area (Å²) in [5.74, 6) is 0.973. The van der Waals surface area contributed by atoms with Crippen molar-refractivity contribution >= 4 is 12.4 Å². The minimum atomic E-state index is 0. The molecule has 1 N–H and O–H groups in total. The van der Waals surface area contributed by atoms with Crippen LogP contribution >= 0.6 is 12.4 Å². The molecule has 1 saturated carbocycles. The van der Waals surface area contributed by atoms with Gasteiger partial charge in [0, 0.05) is 25.1 Å². The third-order valence-corrected chi connectivity index (χ3v) is 5.69. The van der Waals surface area contributed by atoms with Gasteiger partial charge in [-0.05, 0) is 63.5 Å². The largest absolute Gasteiger partial charge is 0.493 e. The van der Waals surface area contributed by atoms with Crippen molar-refractivity contribution in [3.8, 4) is 5.75 Å². The van der Waals surface area contributed by atoms with Crippen LogP contribution in [0, 0.1) is 5.41 Å². The molecular formula is C20H33ClN2O2. The standard InChI is InChI=1S/C20H32N2O2.ClH/c1-22(18-7-11-21-12-8-18)15-20(9-4-10-20)16-24-19-6-3-5-17(13-19)14-23-2;/h3,5-6,13,18,21H,4,7-12,14-16H2,1-2H3;1H. The maximum atomic E-state index is 6.19. The van der Waals surface area contributed by atoms with E-state index in [1.807, 2.05) is 0 Å². The van der Waals surface area contributed by atoms with Gasteiger partial charge < -0.3 is 19.7 Å². The fourth-order valence-corrected chi connectivity index (χ4v) is 4.06. The van der Waals surface area contributed by atoms with Crippen molar-refractivity contribution < 1.29 is 9.47 Å². The van der Waals surface area contributed by atoms with E-state index in [2.05, 4.69) is 41.5 Å². The molecule has 2 aliphatic rings. The smallest absolute Gasteiger partial charge is 0.119 e. The van der Waals surface area contributed by atoms with Crippen molar-refractivity contribution in [1.29, 1.82) is 0 Å². The van der Waals surface area contributed by atoms with Gasteiger partial charge in [-0.25, -0.2) is 0 Å². The fraction of sp³-hybridized carbons (Fsp3) is 0.700. The Morgan fingerprint density at radius 1 is 1.24 bits per heavy atom. The van der Waals surface area contributed by atoms with E-state index in [0.717, 1.165) is 38.0 Å². The fourth-order valence-electron chi connectivity index (χ4n) is 4.06. The zero-order valence-electron chi connectivity index (χ0n) is 15.6. The highest BCUT2D eigenvalue weighted by atomic mass is 35.5. The lowest BCUT2D eigenvalue weighted by Crippen LogP contribution is -2.50. The summed E-state index contributed by atoms with van der Waals surface area (Å²) in [5, 5.41) is 3.46. The molecule has 1 heterocycles. The molecule has 0 aromatic heterocycles. The Hall–Kier alpha value is -0.810. The normalized spacial score (nSPS) is 20.0. The molecule has 0 bridgehead atoms. The molecule has 0 radical (unpaired) electrons. The van der Waals surface area contributed by atoms with Gasteiger partial charge >= 0.3 is 0 Å². The quantitative estimate of drug-likeness (QED) is 0.761. The number of hydrogen-bond donors (Lipinski definition) is 1. The van der Waals surface area contributed by atoms with Gasteiger partial charge in [-0.1, -0.05) is 18.6 Å². The molecular weight excluding hydrogens is 336 g/mol. The van der Waals surface area contributed by atoms with Crippen LogP contribution in [-0.4, -0.2) is 51.3 Å². The van der Waals surface area contributed by atoms with Crippen molar-refractivity contribution in [3.63, 3.8) is 0 Å². The summed E-state index contributed by atoms with van der Waals surface area (Å²) in [5.41, 5.74) is 1.51. The van der Waals surface area contributed by atoms with E-state index in [1.54, 1.807) is 7.11 Å². The number of ether oxygens (including phenoxy) is 2. The maximum Gasteiger partial charge on any atom is 0.119 e. The van der Waals surface area contributed by atoms with Gasteiger partial charge in [-0.3, -0.25) is 0 Å². The van der Waals surface area contributed by atoms with Crippen molar-refractivity contribution in [2.24, 2.45) is 5.41 Å². The Morgan fingerprint density at radius 3 is 2.64 bits per heavy atom. The predicted octanol–water partition coefficient (Wildman–Crippen LogP) is 3.49. The molecule has 25 heavy (non-hydrogen) atoms. The molecule has 1 aromatic rings. The lowest BCUT2D eigenvalue weighted by Gasteiger charge is -2.46. The average molecular weight is 369 g/mol. The van der Waals surface area contributed by atoms with Gasteiger partial charge in [-0.2, -0.15) is 0 Å². The first-order valence-electron chi connectivity index (χ1n) is 9.32. The maximum absolute atomic E-state index is 6.19. The van der Waals surface area contributed by atoms with Gasteiger partial charge in [0.25, 0.3) is 0 Å². The summed E-state index contributed by atoms with van der Waals surface area (Å²) in [7, 11) is 4.03. The SMILES string of the molecule is COCc1cccc(OCC2(CN(C)C3CCNCC3)CCC2)c1.Cl. The Labute approximate surface area is 158 Å². The highest BCUT2D eigenvalue weighted by molar-refractivity contribution is 5.85. The van der Waals surface area contributed by atoms with Crippen molar-refractivity contribution in [2.45, 2.75) is 44.8 Å². The zero-order chi connectivity index (χ0) is 16.8. The number of halogens is 1. The van der Waals surface area contributed by atoms with Crippen molar-refractivity contribution in [2.75, 3.05) is 40.4 Å². The third-order valence-electron chi connectivity index (χ3n) is 5.69. The van der Waals surface area contributed by atoms with Crippen LogP contribution in [0.5, 0.6) is 5.75 Å². The van der Waals surface area contributed by atoms with Crippen LogP contribution in [-0.2, 0) is 11.3 Å². The van der Waals surface area contributed by atoms with E-state index in [1.165, 1.54) is 37.7 Å². The average Bonchev–Trinajstić information content (AvgIpc) is 2.58. The molecule has 1 aliphatic carbocycles. The van der Waals surface area contributed by atoms with Gasteiger partial charge in [0.15, 0.2) is 0 Å². The number of piperidine rings is 1. The second-order valence-corrected chi connectivity index (χ2v) is 7.62. The van der Waals surface area contributed by atoms with E-state index in [0.29, 0.717) is 12.0 Å². The van der Waals surface area contributed by atoms with Crippen molar-refractivity contribution in [1.82, 2.24) is 10.2 Å². The van der Waals surface area contributed by atoms with Crippen LogP contribution in [0.15, 0.2) is 24.3 Å². The predicted molar refractivity (Wildman–Crippen MR) is 105 cm³/mol. The molecule has 0 unspecified atom stereocenters. The molecule has 142 valence electrons. The highest BCUT2D eigenvalue weighted by Gasteiger charge is 2.40. The number of nitrogens with one attached hydrogen (secondary N) is 1. The summed E-state index contributed by atoms with van der Waals surface area (Å²) < 4.78 is 11.4. The molecule has 3 rings (SSSR count). The van der Waals surface area contributed by atoms with E-state index < -0.39 is 0 Å². The zero-order valence-corrected chi connectivity index (χ0v) is 16.4. The monoisotopic (exact) mass is 368 g/mol. The molecule has 0 amide bonds. The first kappa shape index (κ1) is 20.5. The minimum Gasteiger partial charge on any atom is -0.493 e.